The molecule has 0 aliphatic carbocycles. The summed E-state index contributed by atoms with van der Waals surface area (Å²) in [6.45, 7) is 0. The van der Waals surface area contributed by atoms with Gasteiger partial charge in [0.1, 0.15) is 5.57 Å². The molecule has 5 heteroatoms. The Labute approximate surface area is 79.3 Å². The van der Waals surface area contributed by atoms with Crippen molar-refractivity contribution in [1.29, 1.82) is 0 Å². The van der Waals surface area contributed by atoms with Gasteiger partial charge in [-0.05, 0) is 12.1 Å². The molecule has 0 aliphatic heterocycles. The van der Waals surface area contributed by atoms with Gasteiger partial charge in [-0.2, -0.15) is 0 Å². The second-order valence-corrected chi connectivity index (χ2v) is 2.42. The van der Waals surface area contributed by atoms with E-state index in [9.17, 15) is 9.59 Å². The molecule has 0 aromatic carbocycles. The Morgan fingerprint density at radius 2 is 2.14 bits per heavy atom. The fourth-order valence-electron chi connectivity index (χ4n) is 0.864. The lowest BCUT2D eigenvalue weighted by Gasteiger charge is -1.98. The molecule has 72 valence electrons. The molecule has 1 aromatic heterocycles. The number of hydrogen-bond donors (Lipinski definition) is 2. The first-order valence-corrected chi connectivity index (χ1v) is 3.69. The predicted molar refractivity (Wildman–Crippen MR) is 46.9 cm³/mol. The highest BCUT2D eigenvalue weighted by atomic mass is 16.4. The molecule has 1 rings (SSSR count). The Hall–Kier alpha value is -2.17. The van der Waals surface area contributed by atoms with Crippen molar-refractivity contribution in [3.8, 4) is 0 Å². The Morgan fingerprint density at radius 1 is 1.43 bits per heavy atom. The molecule has 0 saturated carbocycles. The first kappa shape index (κ1) is 9.91. The van der Waals surface area contributed by atoms with Gasteiger partial charge < -0.3 is 10.2 Å². The van der Waals surface area contributed by atoms with E-state index in [2.05, 4.69) is 4.98 Å². The number of aliphatic hydroxyl groups excluding tert-OH is 1. The van der Waals surface area contributed by atoms with Crippen LogP contribution in [-0.4, -0.2) is 26.9 Å². The van der Waals surface area contributed by atoms with Crippen molar-refractivity contribution in [2.24, 2.45) is 0 Å². The summed E-state index contributed by atoms with van der Waals surface area (Å²) in [5.74, 6) is -2.24. The van der Waals surface area contributed by atoms with Crippen molar-refractivity contribution in [1.82, 2.24) is 4.98 Å². The Bertz CT molecular complexity index is 383. The number of aliphatic hydroxyl groups is 1. The third-order valence-electron chi connectivity index (χ3n) is 1.53. The fourth-order valence-corrected chi connectivity index (χ4v) is 0.864. The first-order valence-electron chi connectivity index (χ1n) is 3.69. The molecular formula is C9H7NO4. The maximum atomic E-state index is 11.4. The molecule has 0 spiro atoms. The molecule has 0 fully saturated rings. The van der Waals surface area contributed by atoms with Gasteiger partial charge in [0.2, 0.25) is 5.78 Å². The number of rotatable bonds is 3. The summed E-state index contributed by atoms with van der Waals surface area (Å²) in [6.07, 6.45) is 2.96. The Kier molecular flexibility index (Phi) is 2.96. The number of Topliss-reactive ketones (excluding diaryl/α,β-unsaturated/α-hetero) is 1. The zero-order chi connectivity index (χ0) is 10.6. The van der Waals surface area contributed by atoms with Gasteiger partial charge in [0.15, 0.2) is 0 Å². The van der Waals surface area contributed by atoms with Gasteiger partial charge in [-0.25, -0.2) is 4.79 Å². The molecular weight excluding hydrogens is 186 g/mol. The van der Waals surface area contributed by atoms with Gasteiger partial charge in [-0.15, -0.1) is 0 Å². The summed E-state index contributed by atoms with van der Waals surface area (Å²) in [6, 6.07) is 2.92. The van der Waals surface area contributed by atoms with E-state index in [1.807, 2.05) is 0 Å². The summed E-state index contributed by atoms with van der Waals surface area (Å²) in [5.41, 5.74) is -0.562. The molecule has 2 N–H and O–H groups in total. The highest BCUT2D eigenvalue weighted by Crippen LogP contribution is 2.06. The third-order valence-corrected chi connectivity index (χ3v) is 1.53. The van der Waals surface area contributed by atoms with E-state index in [0.29, 0.717) is 0 Å². The van der Waals surface area contributed by atoms with Crippen LogP contribution >= 0.6 is 0 Å². The molecule has 5 nitrogen and oxygen atoms in total. The van der Waals surface area contributed by atoms with Crippen LogP contribution in [0.1, 0.15) is 10.4 Å². The minimum Gasteiger partial charge on any atom is -0.515 e. The summed E-state index contributed by atoms with van der Waals surface area (Å²) < 4.78 is 0. The highest BCUT2D eigenvalue weighted by Gasteiger charge is 2.19. The van der Waals surface area contributed by atoms with Gasteiger partial charge in [-0.1, -0.05) is 0 Å². The predicted octanol–water partition coefficient (Wildman–Crippen LogP) is 0.791. The fraction of sp³-hybridized carbons (Fsp3) is 0. The van der Waals surface area contributed by atoms with E-state index in [1.165, 1.54) is 24.5 Å². The van der Waals surface area contributed by atoms with E-state index < -0.39 is 17.3 Å². The normalized spacial score (nSPS) is 11.0. The number of carbonyl (C=O) groups is 2. The molecule has 0 unspecified atom stereocenters. The zero-order valence-corrected chi connectivity index (χ0v) is 7.04. The van der Waals surface area contributed by atoms with Crippen LogP contribution in [0.15, 0.2) is 36.4 Å². The van der Waals surface area contributed by atoms with Crippen molar-refractivity contribution < 1.29 is 19.8 Å². The van der Waals surface area contributed by atoms with Crippen molar-refractivity contribution in [3.05, 3.63) is 41.9 Å². The van der Waals surface area contributed by atoms with Crippen molar-refractivity contribution in [2.45, 2.75) is 0 Å². The molecule has 14 heavy (non-hydrogen) atoms. The second kappa shape index (κ2) is 4.18. The molecule has 0 saturated heterocycles. The van der Waals surface area contributed by atoms with E-state index in [1.54, 1.807) is 0 Å². The van der Waals surface area contributed by atoms with Crippen LogP contribution in [-0.2, 0) is 4.79 Å². The number of nitrogens with zero attached hydrogens (tertiary/aromatic N) is 1. The summed E-state index contributed by atoms with van der Waals surface area (Å²) in [5, 5.41) is 17.1. The second-order valence-electron chi connectivity index (χ2n) is 2.42. The largest absolute Gasteiger partial charge is 0.515 e. The molecule has 1 heterocycles. The third kappa shape index (κ3) is 1.95. The molecule has 0 radical (unpaired) electrons. The lowest BCUT2D eigenvalue weighted by atomic mass is 10.1. The van der Waals surface area contributed by atoms with Crippen LogP contribution in [0.3, 0.4) is 0 Å². The van der Waals surface area contributed by atoms with E-state index in [4.69, 9.17) is 10.2 Å². The Morgan fingerprint density at radius 3 is 2.57 bits per heavy atom. The minimum absolute atomic E-state index is 0.121. The average Bonchev–Trinajstić information content (AvgIpc) is 2.19. The van der Waals surface area contributed by atoms with E-state index >= 15 is 0 Å². The highest BCUT2D eigenvalue weighted by molar-refractivity contribution is 6.23. The van der Waals surface area contributed by atoms with Gasteiger partial charge in [0, 0.05) is 18.0 Å². The molecule has 0 atom stereocenters. The standard InChI is InChI=1S/C9H7NO4/c11-5-7(9(13)14)8(12)6-2-1-3-10-4-6/h1-5,11H,(H,13,14)/b7-5-. The zero-order valence-electron chi connectivity index (χ0n) is 7.04. The molecule has 0 amide bonds. The number of aromatic nitrogens is 1. The van der Waals surface area contributed by atoms with Gasteiger partial charge >= 0.3 is 5.97 Å². The maximum Gasteiger partial charge on any atom is 0.342 e. The first-order chi connectivity index (χ1) is 6.66. The smallest absolute Gasteiger partial charge is 0.342 e. The lowest BCUT2D eigenvalue weighted by Crippen LogP contribution is -2.12. The number of hydrogen-bond acceptors (Lipinski definition) is 4. The quantitative estimate of drug-likeness (QED) is 0.243. The number of aliphatic carboxylic acids is 1. The van der Waals surface area contributed by atoms with Gasteiger partial charge in [0.25, 0.3) is 0 Å². The minimum atomic E-state index is -1.47. The van der Waals surface area contributed by atoms with Crippen LogP contribution < -0.4 is 0 Å². The average molecular weight is 193 g/mol. The Balaban J connectivity index is 3.02. The van der Waals surface area contributed by atoms with Crippen LogP contribution in [0.4, 0.5) is 0 Å². The van der Waals surface area contributed by atoms with E-state index in [0.717, 1.165) is 0 Å². The topological polar surface area (TPSA) is 87.5 Å². The summed E-state index contributed by atoms with van der Waals surface area (Å²) in [4.78, 5) is 25.5. The maximum absolute atomic E-state index is 11.4. The van der Waals surface area contributed by atoms with E-state index in [-0.39, 0.29) is 11.8 Å². The van der Waals surface area contributed by atoms with Crippen molar-refractivity contribution in [2.75, 3.05) is 0 Å². The number of carboxylic acids is 1. The van der Waals surface area contributed by atoms with Gasteiger partial charge in [-0.3, -0.25) is 9.78 Å². The van der Waals surface area contributed by atoms with Crippen molar-refractivity contribution >= 4 is 11.8 Å². The van der Waals surface area contributed by atoms with Crippen LogP contribution in [0.5, 0.6) is 0 Å². The van der Waals surface area contributed by atoms with Crippen molar-refractivity contribution in [3.63, 3.8) is 0 Å². The number of carbonyl (C=O) groups excluding carboxylic acids is 1. The SMILES string of the molecule is O=C(O)/C(=C\O)C(=O)c1cccnc1. The number of carboxylic acid groups (broad SMARTS) is 1. The van der Waals surface area contributed by atoms with Crippen LogP contribution in [0, 0.1) is 0 Å². The summed E-state index contributed by atoms with van der Waals surface area (Å²) >= 11 is 0. The molecule has 0 bridgehead atoms. The van der Waals surface area contributed by atoms with Gasteiger partial charge in [0.05, 0.1) is 6.26 Å². The monoisotopic (exact) mass is 193 g/mol. The lowest BCUT2D eigenvalue weighted by molar-refractivity contribution is -0.132. The molecule has 0 aliphatic rings. The number of pyridine rings is 1. The number of ketones is 1. The molecule has 1 aromatic rings. The van der Waals surface area contributed by atoms with Crippen LogP contribution in [0.25, 0.3) is 0 Å². The van der Waals surface area contributed by atoms with Crippen LogP contribution in [0.2, 0.25) is 0 Å². The summed E-state index contributed by atoms with van der Waals surface area (Å²) in [7, 11) is 0.